The molecule has 3 saturated carbocycles. The van der Waals surface area contributed by atoms with E-state index in [0.717, 1.165) is 25.4 Å². The van der Waals surface area contributed by atoms with Crippen molar-refractivity contribution >= 4 is 15.9 Å². The van der Waals surface area contributed by atoms with Crippen LogP contribution in [0, 0.1) is 11.8 Å². The van der Waals surface area contributed by atoms with Crippen LogP contribution in [0.4, 0.5) is 4.79 Å². The number of sulfone groups is 1. The summed E-state index contributed by atoms with van der Waals surface area (Å²) in [6.07, 6.45) is 8.67. The molecule has 120 valence electrons. The summed E-state index contributed by atoms with van der Waals surface area (Å²) in [5.41, 5.74) is 0. The smallest absolute Gasteiger partial charge is 0.317 e. The molecule has 2 amide bonds. The number of carbonyl (C=O) groups excluding carboxylic acids is 1. The molecule has 6 heteroatoms. The Bertz CT molecular complexity index is 491. The largest absolute Gasteiger partial charge is 0.335 e. The molecule has 0 bridgehead atoms. The Labute approximate surface area is 127 Å². The summed E-state index contributed by atoms with van der Waals surface area (Å²) in [5, 5.41) is 2.76. The molecule has 0 aliphatic heterocycles. The molecule has 3 rings (SSSR count). The number of hydrogen-bond acceptors (Lipinski definition) is 3. The van der Waals surface area contributed by atoms with Gasteiger partial charge in [0, 0.05) is 25.4 Å². The molecule has 0 aromatic carbocycles. The molecule has 0 heterocycles. The maximum absolute atomic E-state index is 12.4. The van der Waals surface area contributed by atoms with Crippen molar-refractivity contribution in [2.24, 2.45) is 11.8 Å². The van der Waals surface area contributed by atoms with Gasteiger partial charge in [0.05, 0.1) is 5.25 Å². The third kappa shape index (κ3) is 4.34. The van der Waals surface area contributed by atoms with Crippen LogP contribution in [0.3, 0.4) is 0 Å². The van der Waals surface area contributed by atoms with E-state index in [1.54, 1.807) is 0 Å². The van der Waals surface area contributed by atoms with E-state index in [9.17, 15) is 13.2 Å². The summed E-state index contributed by atoms with van der Waals surface area (Å²) in [6.45, 7) is 1.73. The van der Waals surface area contributed by atoms with Crippen molar-refractivity contribution in [3.8, 4) is 0 Å². The molecule has 5 nitrogen and oxygen atoms in total. The third-order valence-electron chi connectivity index (χ3n) is 4.99. The van der Waals surface area contributed by atoms with Crippen LogP contribution in [0.2, 0.25) is 0 Å². The Morgan fingerprint density at radius 2 is 1.76 bits per heavy atom. The monoisotopic (exact) mass is 314 g/mol. The van der Waals surface area contributed by atoms with E-state index in [2.05, 4.69) is 5.32 Å². The highest BCUT2D eigenvalue weighted by atomic mass is 32.2. The topological polar surface area (TPSA) is 66.5 Å². The minimum absolute atomic E-state index is 0.0134. The van der Waals surface area contributed by atoms with E-state index in [1.807, 2.05) is 4.90 Å². The number of urea groups is 1. The van der Waals surface area contributed by atoms with Gasteiger partial charge in [-0.3, -0.25) is 0 Å². The molecule has 3 aliphatic rings. The minimum Gasteiger partial charge on any atom is -0.335 e. The fourth-order valence-electron chi connectivity index (χ4n) is 2.93. The van der Waals surface area contributed by atoms with Crippen LogP contribution in [-0.4, -0.2) is 50.0 Å². The standard InChI is InChI=1S/C15H26N2O3S/c1-21(19,20)14-8-13(9-14)16-15(18)17(10-12-4-5-12)7-6-11-2-3-11/h11-14H,2-10H2,1H3,(H,16,18). The predicted octanol–water partition coefficient (Wildman–Crippen LogP) is 1.78. The molecule has 3 fully saturated rings. The Morgan fingerprint density at radius 3 is 2.29 bits per heavy atom. The van der Waals surface area contributed by atoms with Gasteiger partial charge in [0.2, 0.25) is 0 Å². The fourth-order valence-corrected chi connectivity index (χ4v) is 4.10. The van der Waals surface area contributed by atoms with Crippen molar-refractivity contribution in [2.45, 2.75) is 56.2 Å². The average Bonchev–Trinajstić information content (AvgIpc) is 3.20. The number of carbonyl (C=O) groups is 1. The molecule has 0 atom stereocenters. The highest BCUT2D eigenvalue weighted by Crippen LogP contribution is 2.34. The van der Waals surface area contributed by atoms with Crippen LogP contribution in [0.25, 0.3) is 0 Å². The molecule has 0 aromatic heterocycles. The molecule has 1 N–H and O–H groups in total. The first-order chi connectivity index (χ1) is 9.91. The molecular formula is C15H26N2O3S. The summed E-state index contributed by atoms with van der Waals surface area (Å²) >= 11 is 0. The lowest BCUT2D eigenvalue weighted by Gasteiger charge is -2.36. The van der Waals surface area contributed by atoms with Crippen LogP contribution < -0.4 is 5.32 Å². The molecule has 0 saturated heterocycles. The molecule has 0 unspecified atom stereocenters. The lowest BCUT2D eigenvalue weighted by atomic mass is 9.92. The molecule has 0 radical (unpaired) electrons. The normalized spacial score (nSPS) is 28.8. The zero-order valence-electron chi connectivity index (χ0n) is 12.8. The molecule has 0 spiro atoms. The van der Waals surface area contributed by atoms with Crippen molar-refractivity contribution < 1.29 is 13.2 Å². The summed E-state index contributed by atoms with van der Waals surface area (Å²) in [6, 6.07) is 0.0550. The van der Waals surface area contributed by atoms with E-state index >= 15 is 0 Å². The number of rotatable bonds is 7. The van der Waals surface area contributed by atoms with Gasteiger partial charge in [-0.05, 0) is 43.9 Å². The Morgan fingerprint density at radius 1 is 1.14 bits per heavy atom. The first kappa shape index (κ1) is 15.1. The number of hydrogen-bond donors (Lipinski definition) is 1. The van der Waals surface area contributed by atoms with Gasteiger partial charge in [-0.2, -0.15) is 0 Å². The van der Waals surface area contributed by atoms with Crippen LogP contribution in [0.5, 0.6) is 0 Å². The summed E-state index contributed by atoms with van der Waals surface area (Å²) < 4.78 is 22.8. The number of amides is 2. The van der Waals surface area contributed by atoms with Gasteiger partial charge >= 0.3 is 6.03 Å². The van der Waals surface area contributed by atoms with Gasteiger partial charge in [-0.25, -0.2) is 13.2 Å². The van der Waals surface area contributed by atoms with Gasteiger partial charge in [-0.1, -0.05) is 12.8 Å². The van der Waals surface area contributed by atoms with Gasteiger partial charge in [-0.15, -0.1) is 0 Å². The molecule has 21 heavy (non-hydrogen) atoms. The van der Waals surface area contributed by atoms with E-state index in [0.29, 0.717) is 18.8 Å². The summed E-state index contributed by atoms with van der Waals surface area (Å²) in [5.74, 6) is 1.53. The van der Waals surface area contributed by atoms with E-state index in [-0.39, 0.29) is 17.3 Å². The Balaban J connectivity index is 1.44. The van der Waals surface area contributed by atoms with Crippen molar-refractivity contribution in [1.82, 2.24) is 10.2 Å². The Kier molecular flexibility index (Phi) is 4.17. The number of nitrogens with one attached hydrogen (secondary N) is 1. The second-order valence-corrected chi connectivity index (χ2v) is 9.52. The zero-order valence-corrected chi connectivity index (χ0v) is 13.6. The van der Waals surface area contributed by atoms with Crippen molar-refractivity contribution in [3.05, 3.63) is 0 Å². The van der Waals surface area contributed by atoms with Gasteiger partial charge in [0.25, 0.3) is 0 Å². The highest BCUT2D eigenvalue weighted by molar-refractivity contribution is 7.91. The van der Waals surface area contributed by atoms with Crippen LogP contribution in [0.1, 0.15) is 44.9 Å². The zero-order chi connectivity index (χ0) is 15.0. The predicted molar refractivity (Wildman–Crippen MR) is 81.8 cm³/mol. The first-order valence-electron chi connectivity index (χ1n) is 8.16. The van der Waals surface area contributed by atoms with Crippen LogP contribution >= 0.6 is 0 Å². The summed E-state index contributed by atoms with van der Waals surface area (Å²) in [4.78, 5) is 14.3. The van der Waals surface area contributed by atoms with E-state index in [4.69, 9.17) is 0 Å². The van der Waals surface area contributed by atoms with E-state index in [1.165, 1.54) is 31.9 Å². The number of nitrogens with zero attached hydrogens (tertiary/aromatic N) is 1. The second-order valence-electron chi connectivity index (χ2n) is 7.19. The average molecular weight is 314 g/mol. The highest BCUT2D eigenvalue weighted by Gasteiger charge is 2.38. The molecule has 0 aromatic rings. The Hall–Kier alpha value is -0.780. The maximum atomic E-state index is 12.4. The van der Waals surface area contributed by atoms with E-state index < -0.39 is 9.84 Å². The third-order valence-corrected chi connectivity index (χ3v) is 6.59. The first-order valence-corrected chi connectivity index (χ1v) is 10.1. The molecular weight excluding hydrogens is 288 g/mol. The fraction of sp³-hybridized carbons (Fsp3) is 0.933. The van der Waals surface area contributed by atoms with Gasteiger partial charge in [0.15, 0.2) is 0 Å². The van der Waals surface area contributed by atoms with Gasteiger partial charge < -0.3 is 10.2 Å². The lowest BCUT2D eigenvalue weighted by Crippen LogP contribution is -2.53. The minimum atomic E-state index is -2.94. The van der Waals surface area contributed by atoms with Gasteiger partial charge in [0.1, 0.15) is 9.84 Å². The SMILES string of the molecule is CS(=O)(=O)C1CC(NC(=O)N(CCC2CC2)CC2CC2)C1. The maximum Gasteiger partial charge on any atom is 0.317 e. The van der Waals surface area contributed by atoms with Crippen LogP contribution in [-0.2, 0) is 9.84 Å². The lowest BCUT2D eigenvalue weighted by molar-refractivity contribution is 0.182. The van der Waals surface area contributed by atoms with Crippen molar-refractivity contribution in [1.29, 1.82) is 0 Å². The van der Waals surface area contributed by atoms with Crippen molar-refractivity contribution in [2.75, 3.05) is 19.3 Å². The van der Waals surface area contributed by atoms with Crippen molar-refractivity contribution in [3.63, 3.8) is 0 Å². The second kappa shape index (κ2) is 5.78. The van der Waals surface area contributed by atoms with Crippen LogP contribution in [0.15, 0.2) is 0 Å². The summed E-state index contributed by atoms with van der Waals surface area (Å²) in [7, 11) is -2.94. The quantitative estimate of drug-likeness (QED) is 0.779. The molecule has 3 aliphatic carbocycles.